The van der Waals surface area contributed by atoms with E-state index in [0.29, 0.717) is 0 Å². The lowest BCUT2D eigenvalue weighted by atomic mass is 10.2. The maximum atomic E-state index is 12.9. The topological polar surface area (TPSA) is 29.1 Å². The second kappa shape index (κ2) is 5.14. The number of halogens is 3. The van der Waals surface area contributed by atoms with Crippen molar-refractivity contribution in [2.24, 2.45) is 0 Å². The van der Waals surface area contributed by atoms with E-state index in [0.717, 1.165) is 12.1 Å². The highest BCUT2D eigenvalue weighted by Crippen LogP contribution is 2.23. The Morgan fingerprint density at radius 1 is 1.06 bits per heavy atom. The zero-order valence-corrected chi connectivity index (χ0v) is 9.84. The Balaban J connectivity index is 2.21. The molecule has 0 aromatic heterocycles. The van der Waals surface area contributed by atoms with Gasteiger partial charge in [-0.15, -0.1) is 0 Å². The number of carbonyl (C=O) groups is 1. The average Bonchev–Trinajstić information content (AvgIpc) is 2.32. The smallest absolute Gasteiger partial charge is 0.255 e. The molecular weight excluding hydrogens is 260 g/mol. The van der Waals surface area contributed by atoms with Crippen LogP contribution in [0.4, 0.5) is 14.5 Å². The van der Waals surface area contributed by atoms with Gasteiger partial charge in [-0.3, -0.25) is 4.79 Å². The quantitative estimate of drug-likeness (QED) is 0.879. The number of nitrogens with one attached hydrogen (secondary N) is 1. The summed E-state index contributed by atoms with van der Waals surface area (Å²) in [6.45, 7) is 0. The summed E-state index contributed by atoms with van der Waals surface area (Å²) in [7, 11) is 0. The molecule has 0 saturated heterocycles. The normalized spacial score (nSPS) is 10.2. The molecule has 1 amide bonds. The first-order valence-electron chi connectivity index (χ1n) is 5.08. The second-order valence-electron chi connectivity index (χ2n) is 3.59. The first-order valence-corrected chi connectivity index (χ1v) is 5.46. The Bertz CT molecular complexity index is 601. The molecule has 0 unspecified atom stereocenters. The standard InChI is InChI=1S/C13H8ClF2NO/c14-11-7-10(16)4-5-12(11)17-13(18)8-2-1-3-9(15)6-8/h1-7H,(H,17,18). The van der Waals surface area contributed by atoms with Gasteiger partial charge in [-0.2, -0.15) is 0 Å². The van der Waals surface area contributed by atoms with E-state index < -0.39 is 17.5 Å². The minimum atomic E-state index is -0.511. The van der Waals surface area contributed by atoms with Gasteiger partial charge in [-0.05, 0) is 36.4 Å². The van der Waals surface area contributed by atoms with Crippen LogP contribution in [0.5, 0.6) is 0 Å². The maximum absolute atomic E-state index is 12.9. The zero-order chi connectivity index (χ0) is 13.1. The van der Waals surface area contributed by atoms with Gasteiger partial charge in [0.1, 0.15) is 11.6 Å². The Labute approximate surface area is 107 Å². The van der Waals surface area contributed by atoms with E-state index in [2.05, 4.69) is 5.32 Å². The lowest BCUT2D eigenvalue weighted by molar-refractivity contribution is 0.102. The van der Waals surface area contributed by atoms with Crippen LogP contribution in [0.2, 0.25) is 5.02 Å². The molecule has 0 aliphatic heterocycles. The number of amides is 1. The number of rotatable bonds is 2. The molecule has 2 nitrogen and oxygen atoms in total. The molecule has 0 aliphatic rings. The van der Waals surface area contributed by atoms with E-state index in [4.69, 9.17) is 11.6 Å². The van der Waals surface area contributed by atoms with Gasteiger partial charge in [0.25, 0.3) is 5.91 Å². The molecule has 0 aliphatic carbocycles. The molecular formula is C13H8ClF2NO. The van der Waals surface area contributed by atoms with E-state index in [1.165, 1.54) is 30.3 Å². The molecule has 2 rings (SSSR count). The van der Waals surface area contributed by atoms with Crippen LogP contribution in [-0.2, 0) is 0 Å². The highest BCUT2D eigenvalue weighted by molar-refractivity contribution is 6.33. The Kier molecular flexibility index (Phi) is 3.58. The van der Waals surface area contributed by atoms with E-state index >= 15 is 0 Å². The van der Waals surface area contributed by atoms with E-state index in [-0.39, 0.29) is 16.3 Å². The summed E-state index contributed by atoms with van der Waals surface area (Å²) in [5, 5.41) is 2.56. The van der Waals surface area contributed by atoms with Crippen molar-refractivity contribution in [3.63, 3.8) is 0 Å². The Morgan fingerprint density at radius 2 is 1.78 bits per heavy atom. The molecule has 1 N–H and O–H groups in total. The molecule has 0 saturated carbocycles. The van der Waals surface area contributed by atoms with Gasteiger partial charge < -0.3 is 5.32 Å². The van der Waals surface area contributed by atoms with Crippen LogP contribution in [0, 0.1) is 11.6 Å². The van der Waals surface area contributed by atoms with Gasteiger partial charge in [-0.1, -0.05) is 17.7 Å². The van der Waals surface area contributed by atoms with Crippen LogP contribution in [0.15, 0.2) is 42.5 Å². The third kappa shape index (κ3) is 2.84. The summed E-state index contributed by atoms with van der Waals surface area (Å²) in [4.78, 5) is 11.8. The molecule has 18 heavy (non-hydrogen) atoms. The van der Waals surface area contributed by atoms with Crippen molar-refractivity contribution in [2.45, 2.75) is 0 Å². The fourth-order valence-electron chi connectivity index (χ4n) is 1.42. The fraction of sp³-hybridized carbons (Fsp3) is 0. The van der Waals surface area contributed by atoms with Crippen LogP contribution in [0.1, 0.15) is 10.4 Å². The monoisotopic (exact) mass is 267 g/mol. The summed E-state index contributed by atoms with van der Waals surface area (Å²) in [6, 6.07) is 8.84. The first kappa shape index (κ1) is 12.5. The number of hydrogen-bond acceptors (Lipinski definition) is 1. The van der Waals surface area contributed by atoms with Crippen molar-refractivity contribution < 1.29 is 13.6 Å². The molecule has 92 valence electrons. The number of anilines is 1. The molecule has 2 aromatic rings. The molecule has 0 heterocycles. The van der Waals surface area contributed by atoms with Crippen LogP contribution in [0.25, 0.3) is 0 Å². The van der Waals surface area contributed by atoms with Crippen molar-refractivity contribution in [3.8, 4) is 0 Å². The van der Waals surface area contributed by atoms with Crippen molar-refractivity contribution in [2.75, 3.05) is 5.32 Å². The van der Waals surface area contributed by atoms with E-state index in [1.807, 2.05) is 0 Å². The maximum Gasteiger partial charge on any atom is 0.255 e. The zero-order valence-electron chi connectivity index (χ0n) is 9.08. The molecule has 0 bridgehead atoms. The minimum Gasteiger partial charge on any atom is -0.321 e. The molecule has 0 atom stereocenters. The lowest BCUT2D eigenvalue weighted by Gasteiger charge is -2.07. The van der Waals surface area contributed by atoms with Gasteiger partial charge in [0.15, 0.2) is 0 Å². The van der Waals surface area contributed by atoms with Gasteiger partial charge in [-0.25, -0.2) is 8.78 Å². The largest absolute Gasteiger partial charge is 0.321 e. The third-order valence-electron chi connectivity index (χ3n) is 2.27. The summed E-state index contributed by atoms with van der Waals surface area (Å²) in [5.41, 5.74) is 0.433. The molecule has 2 aromatic carbocycles. The van der Waals surface area contributed by atoms with Gasteiger partial charge in [0.05, 0.1) is 10.7 Å². The predicted octanol–water partition coefficient (Wildman–Crippen LogP) is 3.87. The summed E-state index contributed by atoms with van der Waals surface area (Å²) in [6.07, 6.45) is 0. The first-order chi connectivity index (χ1) is 8.56. The number of benzene rings is 2. The predicted molar refractivity (Wildman–Crippen MR) is 65.8 cm³/mol. The average molecular weight is 268 g/mol. The summed E-state index contributed by atoms with van der Waals surface area (Å²) < 4.78 is 25.8. The molecule has 0 radical (unpaired) electrons. The third-order valence-corrected chi connectivity index (χ3v) is 2.58. The summed E-state index contributed by atoms with van der Waals surface area (Å²) >= 11 is 5.76. The van der Waals surface area contributed by atoms with E-state index in [9.17, 15) is 13.6 Å². The molecule has 5 heteroatoms. The SMILES string of the molecule is O=C(Nc1ccc(F)cc1Cl)c1cccc(F)c1. The van der Waals surface area contributed by atoms with E-state index in [1.54, 1.807) is 0 Å². The summed E-state index contributed by atoms with van der Waals surface area (Å²) in [5.74, 6) is -1.51. The highest BCUT2D eigenvalue weighted by Gasteiger charge is 2.09. The molecule has 0 spiro atoms. The van der Waals surface area contributed by atoms with Crippen molar-refractivity contribution in [1.29, 1.82) is 0 Å². The molecule has 0 fully saturated rings. The van der Waals surface area contributed by atoms with Crippen LogP contribution in [0.3, 0.4) is 0 Å². The second-order valence-corrected chi connectivity index (χ2v) is 4.00. The number of carbonyl (C=O) groups excluding carboxylic acids is 1. The highest BCUT2D eigenvalue weighted by atomic mass is 35.5. The van der Waals surface area contributed by atoms with Crippen molar-refractivity contribution in [3.05, 3.63) is 64.7 Å². The Hall–Kier alpha value is -1.94. The number of hydrogen-bond donors (Lipinski definition) is 1. The van der Waals surface area contributed by atoms with Crippen LogP contribution >= 0.6 is 11.6 Å². The van der Waals surface area contributed by atoms with Crippen molar-refractivity contribution in [1.82, 2.24) is 0 Å². The lowest BCUT2D eigenvalue weighted by Crippen LogP contribution is -2.12. The van der Waals surface area contributed by atoms with Crippen LogP contribution in [-0.4, -0.2) is 5.91 Å². The minimum absolute atomic E-state index is 0.0831. The fourth-order valence-corrected chi connectivity index (χ4v) is 1.63. The Morgan fingerprint density at radius 3 is 2.44 bits per heavy atom. The van der Waals surface area contributed by atoms with Gasteiger partial charge in [0, 0.05) is 5.56 Å². The van der Waals surface area contributed by atoms with Gasteiger partial charge >= 0.3 is 0 Å². The van der Waals surface area contributed by atoms with Gasteiger partial charge in [0.2, 0.25) is 0 Å². The van der Waals surface area contributed by atoms with Crippen LogP contribution < -0.4 is 5.32 Å². The van der Waals surface area contributed by atoms with Crippen molar-refractivity contribution >= 4 is 23.2 Å².